The standard InChI is InChI=1S/C11H10/c1-4-10-6-7-11(5-2)9(3)8-10/h1,5-8H,2H2,3H3. The monoisotopic (exact) mass is 142 g/mol. The number of aryl methyl sites for hydroxylation is 1. The van der Waals surface area contributed by atoms with Crippen LogP contribution < -0.4 is 0 Å². The van der Waals surface area contributed by atoms with Gasteiger partial charge in [0.15, 0.2) is 0 Å². The van der Waals surface area contributed by atoms with Gasteiger partial charge in [-0.15, -0.1) is 6.42 Å². The molecular weight excluding hydrogens is 132 g/mol. The average molecular weight is 142 g/mol. The van der Waals surface area contributed by atoms with Crippen molar-refractivity contribution in [1.82, 2.24) is 0 Å². The predicted octanol–water partition coefficient (Wildman–Crippen LogP) is 2.62. The average Bonchev–Trinajstić information content (AvgIpc) is 2.04. The largest absolute Gasteiger partial charge is 0.115 e. The molecule has 0 heteroatoms. The molecule has 0 saturated carbocycles. The van der Waals surface area contributed by atoms with Crippen molar-refractivity contribution in [2.45, 2.75) is 6.92 Å². The smallest absolute Gasteiger partial charge is 0.0245 e. The molecule has 0 saturated heterocycles. The Kier molecular flexibility index (Phi) is 2.13. The second-order valence-electron chi connectivity index (χ2n) is 2.42. The zero-order valence-corrected chi connectivity index (χ0v) is 6.59. The maximum Gasteiger partial charge on any atom is 0.0245 e. The number of benzene rings is 1. The molecule has 0 spiro atoms. The Hall–Kier alpha value is -1.48. The van der Waals surface area contributed by atoms with E-state index in [1.165, 1.54) is 5.56 Å². The van der Waals surface area contributed by atoms with Crippen molar-refractivity contribution in [1.29, 1.82) is 0 Å². The van der Waals surface area contributed by atoms with E-state index in [4.69, 9.17) is 6.42 Å². The van der Waals surface area contributed by atoms with Gasteiger partial charge in [0, 0.05) is 5.56 Å². The molecule has 0 aliphatic carbocycles. The van der Waals surface area contributed by atoms with Crippen molar-refractivity contribution >= 4 is 6.08 Å². The Labute approximate surface area is 67.6 Å². The molecule has 54 valence electrons. The lowest BCUT2D eigenvalue weighted by Crippen LogP contribution is -1.81. The third-order valence-electron chi connectivity index (χ3n) is 1.66. The summed E-state index contributed by atoms with van der Waals surface area (Å²) in [5, 5.41) is 0. The molecule has 0 bridgehead atoms. The van der Waals surface area contributed by atoms with E-state index in [2.05, 4.69) is 12.5 Å². The number of terminal acetylenes is 1. The first-order chi connectivity index (χ1) is 5.27. The number of rotatable bonds is 1. The normalized spacial score (nSPS) is 8.73. The minimum atomic E-state index is 0.924. The second-order valence-corrected chi connectivity index (χ2v) is 2.42. The van der Waals surface area contributed by atoms with Crippen LogP contribution in [0.5, 0.6) is 0 Å². The molecule has 0 unspecified atom stereocenters. The third-order valence-corrected chi connectivity index (χ3v) is 1.66. The zero-order valence-electron chi connectivity index (χ0n) is 6.59. The van der Waals surface area contributed by atoms with Gasteiger partial charge in [-0.25, -0.2) is 0 Å². The van der Waals surface area contributed by atoms with Crippen LogP contribution in [0.25, 0.3) is 6.08 Å². The predicted molar refractivity (Wildman–Crippen MR) is 49.2 cm³/mol. The highest BCUT2D eigenvalue weighted by Crippen LogP contribution is 2.10. The van der Waals surface area contributed by atoms with Gasteiger partial charge in [-0.2, -0.15) is 0 Å². The summed E-state index contributed by atoms with van der Waals surface area (Å²) in [4.78, 5) is 0. The fraction of sp³-hybridized carbons (Fsp3) is 0.0909. The number of hydrogen-bond acceptors (Lipinski definition) is 0. The van der Waals surface area contributed by atoms with Crippen molar-refractivity contribution in [2.75, 3.05) is 0 Å². The highest BCUT2D eigenvalue weighted by molar-refractivity contribution is 5.54. The highest BCUT2D eigenvalue weighted by Gasteiger charge is 1.92. The summed E-state index contributed by atoms with van der Waals surface area (Å²) >= 11 is 0. The van der Waals surface area contributed by atoms with E-state index in [9.17, 15) is 0 Å². The van der Waals surface area contributed by atoms with Gasteiger partial charge in [0.1, 0.15) is 0 Å². The summed E-state index contributed by atoms with van der Waals surface area (Å²) < 4.78 is 0. The Morgan fingerprint density at radius 2 is 2.27 bits per heavy atom. The lowest BCUT2D eigenvalue weighted by molar-refractivity contribution is 1.43. The molecule has 0 aliphatic heterocycles. The van der Waals surface area contributed by atoms with Crippen LogP contribution in [0.15, 0.2) is 24.8 Å². The molecule has 1 rings (SSSR count). The van der Waals surface area contributed by atoms with Crippen LogP contribution in [0.2, 0.25) is 0 Å². The van der Waals surface area contributed by atoms with E-state index in [0.717, 1.165) is 11.1 Å². The quantitative estimate of drug-likeness (QED) is 0.529. The van der Waals surface area contributed by atoms with E-state index in [0.29, 0.717) is 0 Å². The Morgan fingerprint density at radius 1 is 1.55 bits per heavy atom. The first-order valence-corrected chi connectivity index (χ1v) is 3.47. The molecule has 0 aliphatic rings. The summed E-state index contributed by atoms with van der Waals surface area (Å²) in [6.07, 6.45) is 7.06. The number of hydrogen-bond donors (Lipinski definition) is 0. The van der Waals surface area contributed by atoms with Gasteiger partial charge >= 0.3 is 0 Å². The molecule has 0 aromatic heterocycles. The van der Waals surface area contributed by atoms with Gasteiger partial charge in [0.2, 0.25) is 0 Å². The lowest BCUT2D eigenvalue weighted by atomic mass is 10.1. The fourth-order valence-electron chi connectivity index (χ4n) is 0.995. The van der Waals surface area contributed by atoms with Gasteiger partial charge in [0.05, 0.1) is 0 Å². The van der Waals surface area contributed by atoms with E-state index < -0.39 is 0 Å². The summed E-state index contributed by atoms with van der Waals surface area (Å²) in [6.45, 7) is 5.72. The van der Waals surface area contributed by atoms with Gasteiger partial charge in [-0.1, -0.05) is 24.6 Å². The van der Waals surface area contributed by atoms with Crippen molar-refractivity contribution in [3.63, 3.8) is 0 Å². The molecule has 0 radical (unpaired) electrons. The first-order valence-electron chi connectivity index (χ1n) is 3.47. The molecule has 0 N–H and O–H groups in total. The first kappa shape index (κ1) is 7.63. The molecule has 1 aromatic rings. The molecule has 0 amide bonds. The molecular formula is C11H10. The van der Waals surface area contributed by atoms with E-state index in [1.807, 2.05) is 31.2 Å². The van der Waals surface area contributed by atoms with Gasteiger partial charge in [-0.3, -0.25) is 0 Å². The maximum absolute atomic E-state index is 5.23. The van der Waals surface area contributed by atoms with Crippen LogP contribution in [-0.2, 0) is 0 Å². The summed E-state index contributed by atoms with van der Waals surface area (Å²) in [5.74, 6) is 2.58. The van der Waals surface area contributed by atoms with E-state index >= 15 is 0 Å². The lowest BCUT2D eigenvalue weighted by Gasteiger charge is -1.99. The molecule has 0 fully saturated rings. The third kappa shape index (κ3) is 1.50. The Balaban J connectivity index is 3.22. The van der Waals surface area contributed by atoms with Crippen LogP contribution in [0.4, 0.5) is 0 Å². The van der Waals surface area contributed by atoms with Crippen molar-refractivity contribution in [3.8, 4) is 12.3 Å². The van der Waals surface area contributed by atoms with Gasteiger partial charge in [0.25, 0.3) is 0 Å². The van der Waals surface area contributed by atoms with Crippen molar-refractivity contribution in [2.24, 2.45) is 0 Å². The molecule has 0 atom stereocenters. The van der Waals surface area contributed by atoms with Crippen LogP contribution >= 0.6 is 0 Å². The molecule has 0 heterocycles. The fourth-order valence-corrected chi connectivity index (χ4v) is 0.995. The summed E-state index contributed by atoms with van der Waals surface area (Å²) in [5.41, 5.74) is 3.24. The summed E-state index contributed by atoms with van der Waals surface area (Å²) in [6, 6.07) is 5.89. The highest BCUT2D eigenvalue weighted by atomic mass is 14.0. The topological polar surface area (TPSA) is 0 Å². The molecule has 11 heavy (non-hydrogen) atoms. The van der Waals surface area contributed by atoms with Crippen LogP contribution in [0, 0.1) is 19.3 Å². The van der Waals surface area contributed by atoms with E-state index in [-0.39, 0.29) is 0 Å². The SMILES string of the molecule is C#Cc1ccc(C=C)c(C)c1. The van der Waals surface area contributed by atoms with Crippen LogP contribution in [0.1, 0.15) is 16.7 Å². The van der Waals surface area contributed by atoms with E-state index in [1.54, 1.807) is 0 Å². The zero-order chi connectivity index (χ0) is 8.27. The second kappa shape index (κ2) is 3.07. The Bertz CT molecular complexity index is 313. The van der Waals surface area contributed by atoms with Gasteiger partial charge in [-0.05, 0) is 30.2 Å². The van der Waals surface area contributed by atoms with Crippen LogP contribution in [0.3, 0.4) is 0 Å². The Morgan fingerprint density at radius 3 is 2.73 bits per heavy atom. The van der Waals surface area contributed by atoms with Crippen molar-refractivity contribution < 1.29 is 0 Å². The molecule has 0 nitrogen and oxygen atoms in total. The molecule has 1 aromatic carbocycles. The van der Waals surface area contributed by atoms with Crippen molar-refractivity contribution in [3.05, 3.63) is 41.5 Å². The maximum atomic E-state index is 5.23. The minimum absolute atomic E-state index is 0.924. The summed E-state index contributed by atoms with van der Waals surface area (Å²) in [7, 11) is 0. The van der Waals surface area contributed by atoms with Crippen LogP contribution in [-0.4, -0.2) is 0 Å². The minimum Gasteiger partial charge on any atom is -0.115 e. The van der Waals surface area contributed by atoms with Gasteiger partial charge < -0.3 is 0 Å².